The fourth-order valence-corrected chi connectivity index (χ4v) is 3.12. The molecule has 0 radical (unpaired) electrons. The smallest absolute Gasteiger partial charge is 0.163 e. The zero-order chi connectivity index (χ0) is 16.8. The molecule has 9 heteroatoms. The Hall–Kier alpha value is -1.89. The minimum absolute atomic E-state index is 0.148. The number of hydrogen-bond acceptors (Lipinski definition) is 7. The number of aromatic nitrogens is 3. The fraction of sp³-hybridized carbons (Fsp3) is 0.429. The second kappa shape index (κ2) is 5.63. The van der Waals surface area contributed by atoms with Crippen LogP contribution in [0, 0.1) is 12.3 Å². The van der Waals surface area contributed by atoms with E-state index in [9.17, 15) is 15.4 Å². The van der Waals surface area contributed by atoms with Gasteiger partial charge in [-0.15, -0.1) is 18.0 Å². The predicted molar refractivity (Wildman–Crippen MR) is 82.1 cm³/mol. The Morgan fingerprint density at radius 3 is 2.87 bits per heavy atom. The molecule has 23 heavy (non-hydrogen) atoms. The summed E-state index contributed by atoms with van der Waals surface area (Å²) in [6.45, 7) is 1.23. The van der Waals surface area contributed by atoms with Crippen LogP contribution < -0.4 is 5.48 Å². The normalized spacial score (nSPS) is 30.5. The minimum atomic E-state index is -1.21. The second-order valence-corrected chi connectivity index (χ2v) is 6.25. The largest absolute Gasteiger partial charge is 0.394 e. The molecule has 3 heterocycles. The van der Waals surface area contributed by atoms with Gasteiger partial charge in [0.05, 0.1) is 17.6 Å². The van der Waals surface area contributed by atoms with E-state index < -0.39 is 23.3 Å². The van der Waals surface area contributed by atoms with Gasteiger partial charge in [-0.05, 0) is 6.92 Å². The maximum Gasteiger partial charge on any atom is 0.163 e. The number of rotatable bonds is 3. The molecule has 4 N–H and O–H groups in total. The van der Waals surface area contributed by atoms with Crippen molar-refractivity contribution >= 4 is 28.5 Å². The quantitative estimate of drug-likeness (QED) is 0.365. The minimum Gasteiger partial charge on any atom is -0.394 e. The van der Waals surface area contributed by atoms with Crippen molar-refractivity contribution in [2.45, 2.75) is 30.2 Å². The van der Waals surface area contributed by atoms with Crippen LogP contribution in [0.25, 0.3) is 11.0 Å². The van der Waals surface area contributed by atoms with Crippen LogP contribution in [0.4, 0.5) is 5.82 Å². The summed E-state index contributed by atoms with van der Waals surface area (Å²) in [6, 6.07) is 0. The first kappa shape index (κ1) is 16.0. The van der Waals surface area contributed by atoms with Crippen molar-refractivity contribution in [1.82, 2.24) is 14.5 Å². The van der Waals surface area contributed by atoms with Crippen LogP contribution in [0.3, 0.4) is 0 Å². The number of halogens is 1. The number of hydrogen-bond donors (Lipinski definition) is 4. The highest BCUT2D eigenvalue weighted by atomic mass is 35.5. The topological polar surface area (TPSA) is 113 Å². The SMILES string of the molecule is C#Cc1cn([C@@H]2O[C@H](CO)[C@@H](O)[C@@]2(C)Cl)c2ncnc(NO)c12. The highest BCUT2D eigenvalue weighted by Crippen LogP contribution is 2.45. The molecule has 1 aliphatic heterocycles. The van der Waals surface area contributed by atoms with E-state index in [0.717, 1.165) is 0 Å². The average molecular weight is 339 g/mol. The van der Waals surface area contributed by atoms with E-state index in [0.29, 0.717) is 16.6 Å². The number of alkyl halides is 1. The lowest BCUT2D eigenvalue weighted by molar-refractivity contribution is -0.0439. The van der Waals surface area contributed by atoms with E-state index >= 15 is 0 Å². The van der Waals surface area contributed by atoms with Crippen molar-refractivity contribution in [2.24, 2.45) is 0 Å². The van der Waals surface area contributed by atoms with Gasteiger partial charge in [-0.25, -0.2) is 9.97 Å². The number of aliphatic hydroxyl groups is 2. The maximum atomic E-state index is 10.2. The molecule has 1 aliphatic rings. The molecule has 122 valence electrons. The van der Waals surface area contributed by atoms with Crippen molar-refractivity contribution in [3.63, 3.8) is 0 Å². The molecular weight excluding hydrogens is 324 g/mol. The molecule has 1 fully saturated rings. The Balaban J connectivity index is 2.20. The van der Waals surface area contributed by atoms with E-state index in [1.165, 1.54) is 6.33 Å². The van der Waals surface area contributed by atoms with Gasteiger partial charge in [0.2, 0.25) is 0 Å². The van der Waals surface area contributed by atoms with Gasteiger partial charge in [0.1, 0.15) is 29.1 Å². The molecule has 2 aromatic rings. The van der Waals surface area contributed by atoms with Crippen LogP contribution in [0.1, 0.15) is 18.7 Å². The molecule has 0 unspecified atom stereocenters. The van der Waals surface area contributed by atoms with Gasteiger partial charge in [0.15, 0.2) is 12.0 Å². The summed E-state index contributed by atoms with van der Waals surface area (Å²) in [5, 5.41) is 29.2. The zero-order valence-corrected chi connectivity index (χ0v) is 12.9. The highest BCUT2D eigenvalue weighted by molar-refractivity contribution is 6.24. The summed E-state index contributed by atoms with van der Waals surface area (Å²) in [6.07, 6.45) is 5.61. The Kier molecular flexibility index (Phi) is 3.91. The lowest BCUT2D eigenvalue weighted by Gasteiger charge is -2.26. The van der Waals surface area contributed by atoms with Gasteiger partial charge in [-0.3, -0.25) is 10.7 Å². The number of ether oxygens (including phenoxy) is 1. The van der Waals surface area contributed by atoms with E-state index in [1.54, 1.807) is 17.7 Å². The standard InChI is InChI=1S/C14H15ClN4O4/c1-3-7-4-19(12-9(7)11(18-22)16-6-17-12)13-14(2,15)10(21)8(5-20)23-13/h1,4,6,8,10,13,20-22H,5H2,2H3,(H,16,17,18)/t8-,10-,13-,14-/m1/s1. The number of nitrogens with one attached hydrogen (secondary N) is 1. The van der Waals surface area contributed by atoms with Crippen molar-refractivity contribution in [3.8, 4) is 12.3 Å². The predicted octanol–water partition coefficient (Wildman–Crippen LogP) is 0.462. The van der Waals surface area contributed by atoms with Crippen LogP contribution in [0.5, 0.6) is 0 Å². The van der Waals surface area contributed by atoms with Crippen molar-refractivity contribution < 1.29 is 20.2 Å². The molecule has 0 bridgehead atoms. The van der Waals surface area contributed by atoms with Crippen molar-refractivity contribution in [3.05, 3.63) is 18.1 Å². The number of aliphatic hydroxyl groups excluding tert-OH is 2. The van der Waals surface area contributed by atoms with Crippen LogP contribution in [-0.2, 0) is 4.74 Å². The van der Waals surface area contributed by atoms with Gasteiger partial charge in [0.25, 0.3) is 0 Å². The first-order valence-corrected chi connectivity index (χ1v) is 7.19. The first-order chi connectivity index (χ1) is 11.0. The molecule has 3 rings (SSSR count). The van der Waals surface area contributed by atoms with E-state index in [-0.39, 0.29) is 12.4 Å². The molecule has 2 aromatic heterocycles. The summed E-state index contributed by atoms with van der Waals surface area (Å²) >= 11 is 6.45. The van der Waals surface area contributed by atoms with E-state index in [2.05, 4.69) is 15.9 Å². The van der Waals surface area contributed by atoms with Crippen LogP contribution in [-0.4, -0.2) is 53.6 Å². The number of nitrogens with zero attached hydrogens (tertiary/aromatic N) is 3. The Bertz CT molecular complexity index is 785. The van der Waals surface area contributed by atoms with Gasteiger partial charge < -0.3 is 19.5 Å². The molecule has 0 amide bonds. The third kappa shape index (κ3) is 2.25. The molecule has 0 aliphatic carbocycles. The van der Waals surface area contributed by atoms with Gasteiger partial charge in [-0.1, -0.05) is 5.92 Å². The molecule has 0 saturated carbocycles. The molecule has 0 spiro atoms. The summed E-state index contributed by atoms with van der Waals surface area (Å²) in [5.41, 5.74) is 2.78. The molecule has 4 atom stereocenters. The van der Waals surface area contributed by atoms with E-state index in [4.69, 9.17) is 22.8 Å². The third-order valence-electron chi connectivity index (χ3n) is 4.02. The summed E-state index contributed by atoms with van der Waals surface area (Å²) in [7, 11) is 0. The number of fused-ring (bicyclic) bond motifs is 1. The van der Waals surface area contributed by atoms with Crippen molar-refractivity contribution in [1.29, 1.82) is 0 Å². The van der Waals surface area contributed by atoms with Crippen molar-refractivity contribution in [2.75, 3.05) is 12.1 Å². The zero-order valence-electron chi connectivity index (χ0n) is 12.1. The third-order valence-corrected chi connectivity index (χ3v) is 4.43. The number of anilines is 1. The van der Waals surface area contributed by atoms with Crippen LogP contribution >= 0.6 is 11.6 Å². The maximum absolute atomic E-state index is 10.2. The molecule has 8 nitrogen and oxygen atoms in total. The molecular formula is C14H15ClN4O4. The van der Waals surface area contributed by atoms with Gasteiger partial charge in [0, 0.05) is 6.20 Å². The Morgan fingerprint density at radius 2 is 2.30 bits per heavy atom. The van der Waals surface area contributed by atoms with Crippen LogP contribution in [0.15, 0.2) is 12.5 Å². The molecule has 0 aromatic carbocycles. The van der Waals surface area contributed by atoms with E-state index in [1.807, 2.05) is 5.48 Å². The Morgan fingerprint density at radius 1 is 1.57 bits per heavy atom. The molecule has 1 saturated heterocycles. The van der Waals surface area contributed by atoms with Gasteiger partial charge in [-0.2, -0.15) is 0 Å². The monoisotopic (exact) mass is 338 g/mol. The Labute approximate surface area is 136 Å². The summed E-state index contributed by atoms with van der Waals surface area (Å²) < 4.78 is 7.25. The second-order valence-electron chi connectivity index (χ2n) is 5.43. The summed E-state index contributed by atoms with van der Waals surface area (Å²) in [4.78, 5) is 6.87. The number of terminal acetylenes is 1. The first-order valence-electron chi connectivity index (χ1n) is 6.81. The summed E-state index contributed by atoms with van der Waals surface area (Å²) in [5.74, 6) is 2.64. The van der Waals surface area contributed by atoms with Crippen LogP contribution in [0.2, 0.25) is 0 Å². The average Bonchev–Trinajstić information content (AvgIpc) is 3.03. The lowest BCUT2D eigenvalue weighted by atomic mass is 10.0. The lowest BCUT2D eigenvalue weighted by Crippen LogP contribution is -2.39. The fourth-order valence-electron chi connectivity index (χ4n) is 2.82. The van der Waals surface area contributed by atoms with Gasteiger partial charge >= 0.3 is 0 Å². The highest BCUT2D eigenvalue weighted by Gasteiger charge is 2.53.